The van der Waals surface area contributed by atoms with E-state index in [1.165, 1.54) is 6.92 Å². The fourth-order valence-corrected chi connectivity index (χ4v) is 1.17. The normalized spacial score (nSPS) is 11.6. The number of aryl methyl sites for hydroxylation is 1. The molecule has 0 aliphatic carbocycles. The van der Waals surface area contributed by atoms with Crippen molar-refractivity contribution in [1.29, 1.82) is 0 Å². The quantitative estimate of drug-likeness (QED) is 0.466. The van der Waals surface area contributed by atoms with Gasteiger partial charge in [-0.1, -0.05) is 18.2 Å². The summed E-state index contributed by atoms with van der Waals surface area (Å²) in [6.45, 7) is 3.05. The molecule has 84 valence electrons. The van der Waals surface area contributed by atoms with Gasteiger partial charge < -0.3 is 10.4 Å². The van der Waals surface area contributed by atoms with Gasteiger partial charge in [0.15, 0.2) is 0 Å². The number of aliphatic hydroxyl groups excluding tert-OH is 1. The Bertz CT molecular complexity index is 448. The lowest BCUT2D eigenvalue weighted by molar-refractivity contribution is -0.113. The van der Waals surface area contributed by atoms with Crippen LogP contribution in [0.2, 0.25) is 0 Å². The van der Waals surface area contributed by atoms with Crippen LogP contribution in [0.5, 0.6) is 0 Å². The van der Waals surface area contributed by atoms with E-state index in [0.29, 0.717) is 5.69 Å². The summed E-state index contributed by atoms with van der Waals surface area (Å²) in [4.78, 5) is 21.8. The Kier molecular flexibility index (Phi) is 3.77. The molecule has 0 saturated carbocycles. The van der Waals surface area contributed by atoms with Gasteiger partial charge in [0.25, 0.3) is 5.91 Å². The molecule has 1 amide bonds. The van der Waals surface area contributed by atoms with Crippen LogP contribution in [0, 0.1) is 11.8 Å². The number of hydrogen-bond acceptors (Lipinski definition) is 4. The molecular formula is C11H12N2O3. The number of amides is 1. The molecule has 0 fully saturated rings. The van der Waals surface area contributed by atoms with E-state index in [4.69, 9.17) is 5.11 Å². The number of carbonyl (C=O) groups excluding carboxylic acids is 1. The average Bonchev–Trinajstić information content (AvgIpc) is 2.22. The Morgan fingerprint density at radius 2 is 2.00 bits per heavy atom. The van der Waals surface area contributed by atoms with Gasteiger partial charge in [-0.2, -0.15) is 0 Å². The molecule has 16 heavy (non-hydrogen) atoms. The predicted molar refractivity (Wildman–Crippen MR) is 60.9 cm³/mol. The zero-order valence-electron chi connectivity index (χ0n) is 9.02. The second-order valence-electron chi connectivity index (χ2n) is 3.29. The Labute approximate surface area is 92.8 Å². The van der Waals surface area contributed by atoms with E-state index in [1.54, 1.807) is 12.1 Å². The summed E-state index contributed by atoms with van der Waals surface area (Å²) in [7, 11) is 0. The highest BCUT2D eigenvalue weighted by Gasteiger charge is 2.14. The van der Waals surface area contributed by atoms with Crippen LogP contribution in [-0.2, 0) is 4.79 Å². The molecule has 5 nitrogen and oxygen atoms in total. The Morgan fingerprint density at radius 1 is 1.38 bits per heavy atom. The summed E-state index contributed by atoms with van der Waals surface area (Å²) in [5.74, 6) is -1.12. The van der Waals surface area contributed by atoms with E-state index >= 15 is 0 Å². The SMILES string of the molecule is CC(O)=C(N=O)C(=O)Nc1ccccc1C. The molecular weight excluding hydrogens is 208 g/mol. The van der Waals surface area contributed by atoms with Crippen molar-refractivity contribution < 1.29 is 9.90 Å². The van der Waals surface area contributed by atoms with Gasteiger partial charge >= 0.3 is 0 Å². The minimum Gasteiger partial charge on any atom is -0.510 e. The Morgan fingerprint density at radius 3 is 2.50 bits per heavy atom. The highest BCUT2D eigenvalue weighted by Crippen LogP contribution is 2.15. The van der Waals surface area contributed by atoms with Crippen LogP contribution in [-0.4, -0.2) is 11.0 Å². The summed E-state index contributed by atoms with van der Waals surface area (Å²) >= 11 is 0. The minimum absolute atomic E-state index is 0.402. The molecule has 0 radical (unpaired) electrons. The van der Waals surface area contributed by atoms with E-state index in [9.17, 15) is 9.70 Å². The molecule has 2 N–H and O–H groups in total. The minimum atomic E-state index is -0.718. The maximum atomic E-state index is 11.5. The molecule has 0 bridgehead atoms. The lowest BCUT2D eigenvalue weighted by Gasteiger charge is -2.07. The number of aliphatic hydroxyl groups is 1. The summed E-state index contributed by atoms with van der Waals surface area (Å²) in [6.07, 6.45) is 0. The number of hydrogen-bond donors (Lipinski definition) is 2. The molecule has 1 rings (SSSR count). The molecule has 0 atom stereocenters. The van der Waals surface area contributed by atoms with Gasteiger partial charge in [0.05, 0.1) is 0 Å². The number of nitrogens with one attached hydrogen (secondary N) is 1. The van der Waals surface area contributed by atoms with Crippen molar-refractivity contribution >= 4 is 11.6 Å². The Balaban J connectivity index is 2.92. The monoisotopic (exact) mass is 220 g/mol. The van der Waals surface area contributed by atoms with E-state index in [1.807, 2.05) is 19.1 Å². The smallest absolute Gasteiger partial charge is 0.281 e. The maximum Gasteiger partial charge on any atom is 0.281 e. The van der Waals surface area contributed by atoms with Crippen molar-refractivity contribution in [3.05, 3.63) is 46.2 Å². The first kappa shape index (κ1) is 11.9. The van der Waals surface area contributed by atoms with E-state index in [0.717, 1.165) is 5.56 Å². The molecule has 0 aromatic heterocycles. The number of anilines is 1. The fourth-order valence-electron chi connectivity index (χ4n) is 1.17. The topological polar surface area (TPSA) is 78.8 Å². The third-order valence-electron chi connectivity index (χ3n) is 2.04. The first-order valence-electron chi connectivity index (χ1n) is 4.66. The number of rotatable bonds is 3. The first-order valence-corrected chi connectivity index (χ1v) is 4.66. The zero-order valence-corrected chi connectivity index (χ0v) is 9.02. The third kappa shape index (κ3) is 2.66. The maximum absolute atomic E-state index is 11.5. The number of carbonyl (C=O) groups is 1. The average molecular weight is 220 g/mol. The van der Waals surface area contributed by atoms with Gasteiger partial charge in [0, 0.05) is 5.69 Å². The van der Waals surface area contributed by atoms with Crippen LogP contribution in [0.15, 0.2) is 40.9 Å². The molecule has 0 saturated heterocycles. The van der Waals surface area contributed by atoms with Crippen LogP contribution in [0.25, 0.3) is 0 Å². The van der Waals surface area contributed by atoms with E-state index < -0.39 is 17.4 Å². The molecule has 5 heteroatoms. The highest BCUT2D eigenvalue weighted by atomic mass is 16.3. The van der Waals surface area contributed by atoms with Crippen LogP contribution in [0.4, 0.5) is 5.69 Å². The molecule has 0 aliphatic heterocycles. The molecule has 1 aromatic carbocycles. The van der Waals surface area contributed by atoms with Crippen molar-refractivity contribution in [3.8, 4) is 0 Å². The largest absolute Gasteiger partial charge is 0.510 e. The van der Waals surface area contributed by atoms with Gasteiger partial charge in [0.1, 0.15) is 5.76 Å². The van der Waals surface area contributed by atoms with Gasteiger partial charge in [-0.25, -0.2) is 0 Å². The molecule has 0 aliphatic rings. The van der Waals surface area contributed by atoms with Crippen LogP contribution < -0.4 is 5.32 Å². The zero-order chi connectivity index (χ0) is 12.1. The standard InChI is InChI=1S/C11H12N2O3/c1-7-5-3-4-6-9(7)12-11(15)10(13-16)8(2)14/h3-6,14H,1-2H3,(H,12,15). The molecule has 1 aromatic rings. The second-order valence-corrected chi connectivity index (χ2v) is 3.29. The second kappa shape index (κ2) is 5.06. The molecule has 0 spiro atoms. The van der Waals surface area contributed by atoms with Gasteiger partial charge in [0.2, 0.25) is 5.70 Å². The molecule has 0 heterocycles. The van der Waals surface area contributed by atoms with Gasteiger partial charge in [-0.15, -0.1) is 4.91 Å². The summed E-state index contributed by atoms with van der Waals surface area (Å²) in [6, 6.07) is 7.10. The number of allylic oxidation sites excluding steroid dienone is 1. The van der Waals surface area contributed by atoms with Crippen molar-refractivity contribution in [1.82, 2.24) is 0 Å². The van der Waals surface area contributed by atoms with E-state index in [-0.39, 0.29) is 0 Å². The number of nitroso groups, excluding NO2 is 1. The summed E-state index contributed by atoms with van der Waals surface area (Å²) in [5, 5.41) is 14.0. The van der Waals surface area contributed by atoms with Crippen molar-refractivity contribution in [2.24, 2.45) is 5.18 Å². The predicted octanol–water partition coefficient (Wildman–Crippen LogP) is 2.49. The fraction of sp³-hybridized carbons (Fsp3) is 0.182. The van der Waals surface area contributed by atoms with Gasteiger partial charge in [-0.3, -0.25) is 4.79 Å². The van der Waals surface area contributed by atoms with Crippen LogP contribution in [0.3, 0.4) is 0 Å². The number of para-hydroxylation sites is 1. The number of nitrogens with zero attached hydrogens (tertiary/aromatic N) is 1. The van der Waals surface area contributed by atoms with Crippen molar-refractivity contribution in [3.63, 3.8) is 0 Å². The van der Waals surface area contributed by atoms with Gasteiger partial charge in [-0.05, 0) is 30.7 Å². The van der Waals surface area contributed by atoms with Crippen LogP contribution in [0.1, 0.15) is 12.5 Å². The van der Waals surface area contributed by atoms with Crippen LogP contribution >= 0.6 is 0 Å². The van der Waals surface area contributed by atoms with E-state index in [2.05, 4.69) is 10.5 Å². The lowest BCUT2D eigenvalue weighted by atomic mass is 10.2. The lowest BCUT2D eigenvalue weighted by Crippen LogP contribution is -2.15. The van der Waals surface area contributed by atoms with Crippen molar-refractivity contribution in [2.75, 3.05) is 5.32 Å². The summed E-state index contributed by atoms with van der Waals surface area (Å²) in [5.41, 5.74) is 0.926. The summed E-state index contributed by atoms with van der Waals surface area (Å²) < 4.78 is 0. The number of benzene rings is 1. The molecule has 0 unspecified atom stereocenters. The first-order chi connectivity index (χ1) is 7.56. The third-order valence-corrected chi connectivity index (χ3v) is 2.04. The Hall–Kier alpha value is -2.17. The highest BCUT2D eigenvalue weighted by molar-refractivity contribution is 6.04. The van der Waals surface area contributed by atoms with Crippen molar-refractivity contribution in [2.45, 2.75) is 13.8 Å².